The molecule has 1 aliphatic heterocycles. The molecule has 1 aliphatic rings. The molecule has 0 radical (unpaired) electrons. The van der Waals surface area contributed by atoms with Crippen LogP contribution < -0.4 is 14.8 Å². The minimum absolute atomic E-state index is 0.00409. The summed E-state index contributed by atoms with van der Waals surface area (Å²) in [5.74, 6) is 0.878. The first-order valence-electron chi connectivity index (χ1n) is 14.7. The summed E-state index contributed by atoms with van der Waals surface area (Å²) in [5.41, 5.74) is 2.49. The average molecular weight is 684 g/mol. The van der Waals surface area contributed by atoms with Gasteiger partial charge in [-0.05, 0) is 41.8 Å². The highest BCUT2D eigenvalue weighted by atomic mass is 32.2. The van der Waals surface area contributed by atoms with Crippen LogP contribution in [0.15, 0.2) is 101 Å². The second-order valence-corrected chi connectivity index (χ2v) is 12.3. The molecule has 2 amide bonds. The lowest BCUT2D eigenvalue weighted by Crippen LogP contribution is -2.29. The Bertz CT molecular complexity index is 1960. The number of hydrazone groups is 1. The number of rotatable bonds is 12. The van der Waals surface area contributed by atoms with E-state index in [2.05, 4.69) is 15.5 Å². The van der Waals surface area contributed by atoms with Gasteiger partial charge in [0.05, 0.1) is 48.1 Å². The van der Waals surface area contributed by atoms with E-state index >= 15 is 0 Å². The molecule has 244 valence electrons. The molecule has 5 aromatic rings. The van der Waals surface area contributed by atoms with Crippen LogP contribution in [-0.4, -0.2) is 62.2 Å². The highest BCUT2D eigenvalue weighted by Crippen LogP contribution is 2.42. The Labute approximate surface area is 283 Å². The molecule has 6 rings (SSSR count). The van der Waals surface area contributed by atoms with Crippen LogP contribution in [0.5, 0.6) is 11.5 Å². The summed E-state index contributed by atoms with van der Waals surface area (Å²) in [5, 5.41) is 31.2. The van der Waals surface area contributed by atoms with Crippen molar-refractivity contribution >= 4 is 46.3 Å². The number of non-ortho nitro benzene ring substituents is 1. The number of nitro benzene ring substituents is 1. The lowest BCUT2D eigenvalue weighted by molar-refractivity contribution is -0.384. The maximum absolute atomic E-state index is 13.9. The molecule has 3 aromatic carbocycles. The van der Waals surface area contributed by atoms with Crippen molar-refractivity contribution < 1.29 is 24.0 Å². The van der Waals surface area contributed by atoms with Gasteiger partial charge in [0.2, 0.25) is 0 Å². The Balaban J connectivity index is 1.23. The van der Waals surface area contributed by atoms with Gasteiger partial charge in [0.1, 0.15) is 0 Å². The Morgan fingerprint density at radius 2 is 1.79 bits per heavy atom. The van der Waals surface area contributed by atoms with Crippen LogP contribution in [-0.2, 0) is 11.3 Å². The Morgan fingerprint density at radius 3 is 2.48 bits per heavy atom. The number of thioether (sulfide) groups is 1. The first kappa shape index (κ1) is 32.4. The normalized spacial score (nSPS) is 14.0. The topological polar surface area (TPSA) is 154 Å². The van der Waals surface area contributed by atoms with Gasteiger partial charge in [-0.3, -0.25) is 24.3 Å². The van der Waals surface area contributed by atoms with Crippen molar-refractivity contribution in [2.75, 3.05) is 20.0 Å². The van der Waals surface area contributed by atoms with E-state index in [1.165, 1.54) is 41.0 Å². The summed E-state index contributed by atoms with van der Waals surface area (Å²) in [6.45, 7) is 0.0184. The maximum Gasteiger partial charge on any atom is 0.269 e. The number of benzene rings is 3. The lowest BCUT2D eigenvalue weighted by Gasteiger charge is -2.24. The fourth-order valence-electron chi connectivity index (χ4n) is 5.28. The van der Waals surface area contributed by atoms with E-state index in [-0.39, 0.29) is 29.5 Å². The van der Waals surface area contributed by atoms with E-state index < -0.39 is 16.9 Å². The Hall–Kier alpha value is -5.54. The fourth-order valence-corrected chi connectivity index (χ4v) is 6.83. The molecule has 1 atom stereocenters. The third kappa shape index (κ3) is 6.77. The van der Waals surface area contributed by atoms with Crippen LogP contribution in [0.2, 0.25) is 0 Å². The molecule has 48 heavy (non-hydrogen) atoms. The minimum atomic E-state index is -0.525. The molecule has 15 heteroatoms. The van der Waals surface area contributed by atoms with Gasteiger partial charge in [-0.2, -0.15) is 5.10 Å². The number of hydrogen-bond acceptors (Lipinski definition) is 11. The number of para-hydroxylation sites is 2. The van der Waals surface area contributed by atoms with E-state index in [1.54, 1.807) is 30.1 Å². The summed E-state index contributed by atoms with van der Waals surface area (Å²) in [6.07, 6.45) is 0.499. The third-order valence-corrected chi connectivity index (χ3v) is 9.38. The number of aromatic nitrogens is 3. The molecule has 0 bridgehead atoms. The fraction of sp³-hybridized carbons (Fsp3) is 0.182. The second-order valence-electron chi connectivity index (χ2n) is 10.4. The molecular formula is C33H29N7O6S2. The van der Waals surface area contributed by atoms with E-state index in [4.69, 9.17) is 14.6 Å². The van der Waals surface area contributed by atoms with Crippen molar-refractivity contribution in [3.8, 4) is 17.2 Å². The molecule has 3 heterocycles. The number of nitro groups is 1. The van der Waals surface area contributed by atoms with Gasteiger partial charge in [0.15, 0.2) is 22.5 Å². The van der Waals surface area contributed by atoms with Crippen LogP contribution in [0.25, 0.3) is 5.69 Å². The van der Waals surface area contributed by atoms with Gasteiger partial charge in [0.25, 0.3) is 17.5 Å². The van der Waals surface area contributed by atoms with Crippen molar-refractivity contribution in [1.82, 2.24) is 25.1 Å². The van der Waals surface area contributed by atoms with Crippen LogP contribution in [0.4, 0.5) is 5.69 Å². The van der Waals surface area contributed by atoms with Crippen molar-refractivity contribution in [1.29, 1.82) is 0 Å². The highest BCUT2D eigenvalue weighted by molar-refractivity contribution is 7.99. The van der Waals surface area contributed by atoms with Crippen molar-refractivity contribution in [2.45, 2.75) is 24.2 Å². The quantitative estimate of drug-likeness (QED) is 0.0998. The lowest BCUT2D eigenvalue weighted by atomic mass is 9.99. The molecule has 13 nitrogen and oxygen atoms in total. The van der Waals surface area contributed by atoms with Crippen LogP contribution in [0, 0.1) is 10.1 Å². The summed E-state index contributed by atoms with van der Waals surface area (Å²) in [4.78, 5) is 38.2. The number of thiophene rings is 1. The number of ether oxygens (including phenoxy) is 2. The van der Waals surface area contributed by atoms with Gasteiger partial charge in [-0.25, -0.2) is 5.01 Å². The molecule has 0 aliphatic carbocycles. The summed E-state index contributed by atoms with van der Waals surface area (Å²) >= 11 is 2.76. The Morgan fingerprint density at radius 1 is 1.00 bits per heavy atom. The molecule has 2 aromatic heterocycles. The number of carbonyl (C=O) groups is 2. The van der Waals surface area contributed by atoms with E-state index in [1.807, 2.05) is 66.0 Å². The molecule has 0 unspecified atom stereocenters. The van der Waals surface area contributed by atoms with Gasteiger partial charge < -0.3 is 14.8 Å². The number of nitrogens with one attached hydrogen (secondary N) is 1. The minimum Gasteiger partial charge on any atom is -0.493 e. The van der Waals surface area contributed by atoms with E-state index in [0.29, 0.717) is 28.9 Å². The van der Waals surface area contributed by atoms with Crippen LogP contribution in [0.3, 0.4) is 0 Å². The standard InChI is InChI=1S/C33H29N7O6S2/c1-45-27-11-6-10-24(31(27)46-2)26-18-25(28-12-7-17-47-28)37-39(26)30(41)20-48-33-36-35-29(38(33)22-8-4-3-5-9-22)19-34-32(42)21-13-15-23(16-14-21)40(43)44/h3-17,26H,18-20H2,1-2H3,(H,34,42)/t26-/m0/s1. The molecule has 0 saturated heterocycles. The maximum atomic E-state index is 13.9. The third-order valence-electron chi connectivity index (χ3n) is 7.55. The van der Waals surface area contributed by atoms with Crippen molar-refractivity contribution in [3.63, 3.8) is 0 Å². The number of carbonyl (C=O) groups excluding carboxylic acids is 2. The predicted molar refractivity (Wildman–Crippen MR) is 181 cm³/mol. The first-order valence-corrected chi connectivity index (χ1v) is 16.5. The van der Waals surface area contributed by atoms with Crippen LogP contribution >= 0.6 is 23.1 Å². The first-order chi connectivity index (χ1) is 23.4. The predicted octanol–water partition coefficient (Wildman–Crippen LogP) is 5.65. The van der Waals surface area contributed by atoms with Crippen molar-refractivity contribution in [2.24, 2.45) is 5.10 Å². The van der Waals surface area contributed by atoms with E-state index in [9.17, 15) is 19.7 Å². The van der Waals surface area contributed by atoms with E-state index in [0.717, 1.165) is 21.8 Å². The van der Waals surface area contributed by atoms with Gasteiger partial charge in [0, 0.05) is 35.4 Å². The second kappa shape index (κ2) is 14.5. The molecule has 0 saturated carbocycles. The zero-order valence-electron chi connectivity index (χ0n) is 25.8. The number of hydrogen-bond donors (Lipinski definition) is 1. The molecular weight excluding hydrogens is 655 g/mol. The van der Waals surface area contributed by atoms with Gasteiger partial charge in [-0.1, -0.05) is 48.2 Å². The molecule has 0 spiro atoms. The highest BCUT2D eigenvalue weighted by Gasteiger charge is 2.36. The smallest absolute Gasteiger partial charge is 0.269 e. The van der Waals surface area contributed by atoms with Crippen LogP contribution in [0.1, 0.15) is 39.1 Å². The average Bonchev–Trinajstić information content (AvgIpc) is 3.90. The Kier molecular flexibility index (Phi) is 9.78. The zero-order chi connectivity index (χ0) is 33.6. The number of amides is 2. The monoisotopic (exact) mass is 683 g/mol. The summed E-state index contributed by atoms with van der Waals surface area (Å²) < 4.78 is 13.0. The zero-order valence-corrected chi connectivity index (χ0v) is 27.4. The summed E-state index contributed by atoms with van der Waals surface area (Å²) in [7, 11) is 3.14. The van der Waals surface area contributed by atoms with Gasteiger partial charge in [-0.15, -0.1) is 21.5 Å². The van der Waals surface area contributed by atoms with Gasteiger partial charge >= 0.3 is 0 Å². The molecule has 1 N–H and O–H groups in total. The largest absolute Gasteiger partial charge is 0.493 e. The van der Waals surface area contributed by atoms with Crippen molar-refractivity contribution in [3.05, 3.63) is 122 Å². The summed E-state index contributed by atoms with van der Waals surface area (Å²) in [6, 6.07) is 23.8. The number of nitrogens with zero attached hydrogens (tertiary/aromatic N) is 6. The molecule has 0 fully saturated rings. The SMILES string of the molecule is COc1cccc([C@@H]2CC(c3cccs3)=NN2C(=O)CSc2nnc(CNC(=O)c3ccc([N+](=O)[O-])cc3)n2-c2ccccc2)c1OC. The number of methoxy groups -OCH3 is 2.